The van der Waals surface area contributed by atoms with Gasteiger partial charge in [-0.15, -0.1) is 12.4 Å². The van der Waals surface area contributed by atoms with E-state index in [2.05, 4.69) is 60.2 Å². The van der Waals surface area contributed by atoms with E-state index in [9.17, 15) is 4.79 Å². The molecule has 1 fully saturated rings. The summed E-state index contributed by atoms with van der Waals surface area (Å²) in [5.41, 5.74) is 7.43. The molecule has 0 radical (unpaired) electrons. The summed E-state index contributed by atoms with van der Waals surface area (Å²) in [4.78, 5) is 26.5. The summed E-state index contributed by atoms with van der Waals surface area (Å²) >= 11 is 0. The van der Waals surface area contributed by atoms with Crippen LogP contribution in [0, 0.1) is 6.92 Å². The zero-order valence-corrected chi connectivity index (χ0v) is 25.9. The highest BCUT2D eigenvalue weighted by Gasteiger charge is 2.25. The summed E-state index contributed by atoms with van der Waals surface area (Å²) in [5.74, 6) is 0.603. The average molecular weight is 601 g/mol. The number of aromatic amines is 1. The van der Waals surface area contributed by atoms with E-state index in [0.29, 0.717) is 17.5 Å². The number of amides is 1. The summed E-state index contributed by atoms with van der Waals surface area (Å²) in [6, 6.07) is 12.3. The summed E-state index contributed by atoms with van der Waals surface area (Å²) < 4.78 is 5.28. The monoisotopic (exact) mass is 600 g/mol. The minimum absolute atomic E-state index is 0. The van der Waals surface area contributed by atoms with Gasteiger partial charge in [-0.2, -0.15) is 10.1 Å². The summed E-state index contributed by atoms with van der Waals surface area (Å²) in [6.45, 7) is 11.9. The molecule has 0 spiro atoms. The number of aryl methyl sites for hydroxylation is 1. The van der Waals surface area contributed by atoms with Gasteiger partial charge in [-0.05, 0) is 69.1 Å². The molecule has 3 N–H and O–H groups in total. The standard InChI is InChI=1S/C32H36N8O2.ClH/c1-18-14-21(6-8-24(18)19(2)36-30(41)29-37-31(42-40-29)32(3,4)5)27-25-15-23(17-35-28(25)39-38-27)22-7-9-26(34-16-22)20-10-12-33-13-11-20;/h6-9,14-17,19-20,33H,10-13H2,1-5H3,(H,36,41)(H,35,38,39);1H. The Morgan fingerprint density at radius 2 is 1.77 bits per heavy atom. The van der Waals surface area contributed by atoms with Crippen LogP contribution in [-0.2, 0) is 5.41 Å². The Morgan fingerprint density at radius 1 is 1.02 bits per heavy atom. The van der Waals surface area contributed by atoms with E-state index in [1.807, 2.05) is 59.1 Å². The summed E-state index contributed by atoms with van der Waals surface area (Å²) in [5, 5.41) is 18.8. The van der Waals surface area contributed by atoms with Crippen molar-refractivity contribution in [2.45, 2.75) is 64.8 Å². The van der Waals surface area contributed by atoms with E-state index in [1.165, 1.54) is 0 Å². The molecular formula is C32H37ClN8O2. The number of piperidine rings is 1. The van der Waals surface area contributed by atoms with Gasteiger partial charge >= 0.3 is 0 Å². The van der Waals surface area contributed by atoms with E-state index in [4.69, 9.17) is 9.51 Å². The van der Waals surface area contributed by atoms with E-state index in [1.54, 1.807) is 0 Å². The molecule has 1 aliphatic heterocycles. The molecule has 1 aromatic carbocycles. The Labute approximate surface area is 256 Å². The largest absolute Gasteiger partial charge is 0.343 e. The second kappa shape index (κ2) is 12.2. The molecule has 5 heterocycles. The highest BCUT2D eigenvalue weighted by atomic mass is 35.5. The number of H-pyrrole nitrogens is 1. The molecule has 1 aliphatic rings. The molecule has 224 valence electrons. The van der Waals surface area contributed by atoms with Crippen LogP contribution in [0.2, 0.25) is 0 Å². The van der Waals surface area contributed by atoms with Crippen molar-refractivity contribution in [2.24, 2.45) is 0 Å². The predicted octanol–water partition coefficient (Wildman–Crippen LogP) is 6.06. The van der Waals surface area contributed by atoms with Gasteiger partial charge < -0.3 is 15.2 Å². The van der Waals surface area contributed by atoms with Gasteiger partial charge in [0.1, 0.15) is 0 Å². The molecule has 1 saturated heterocycles. The van der Waals surface area contributed by atoms with Crippen molar-refractivity contribution < 1.29 is 9.32 Å². The molecule has 0 saturated carbocycles. The van der Waals surface area contributed by atoms with Gasteiger partial charge in [0.15, 0.2) is 5.65 Å². The lowest BCUT2D eigenvalue weighted by Crippen LogP contribution is -2.28. The van der Waals surface area contributed by atoms with Crippen LogP contribution in [-0.4, -0.2) is 49.3 Å². The van der Waals surface area contributed by atoms with Crippen molar-refractivity contribution in [3.8, 4) is 22.4 Å². The molecular weight excluding hydrogens is 564 g/mol. The van der Waals surface area contributed by atoms with E-state index in [-0.39, 0.29) is 35.6 Å². The molecule has 6 rings (SSSR count). The van der Waals surface area contributed by atoms with Crippen LogP contribution < -0.4 is 10.6 Å². The Morgan fingerprint density at radius 3 is 2.44 bits per heavy atom. The van der Waals surface area contributed by atoms with Crippen molar-refractivity contribution in [1.29, 1.82) is 0 Å². The summed E-state index contributed by atoms with van der Waals surface area (Å²) in [7, 11) is 0. The fraction of sp³-hybridized carbons (Fsp3) is 0.375. The number of nitrogens with one attached hydrogen (secondary N) is 3. The number of aromatic nitrogens is 6. The van der Waals surface area contributed by atoms with Crippen LogP contribution in [0.5, 0.6) is 0 Å². The van der Waals surface area contributed by atoms with E-state index in [0.717, 1.165) is 70.5 Å². The molecule has 5 aromatic rings. The molecule has 43 heavy (non-hydrogen) atoms. The normalized spacial score (nSPS) is 14.8. The van der Waals surface area contributed by atoms with Crippen molar-refractivity contribution in [3.05, 3.63) is 77.3 Å². The maximum absolute atomic E-state index is 12.8. The topological polar surface area (TPSA) is 135 Å². The number of carbonyl (C=O) groups is 1. The molecule has 10 nitrogen and oxygen atoms in total. The van der Waals surface area contributed by atoms with Crippen LogP contribution in [0.15, 0.2) is 53.3 Å². The zero-order valence-electron chi connectivity index (χ0n) is 25.1. The van der Waals surface area contributed by atoms with Gasteiger partial charge in [0, 0.05) is 51.5 Å². The van der Waals surface area contributed by atoms with Gasteiger partial charge in [-0.25, -0.2) is 4.98 Å². The lowest BCUT2D eigenvalue weighted by Gasteiger charge is -2.22. The van der Waals surface area contributed by atoms with E-state index < -0.39 is 0 Å². The summed E-state index contributed by atoms with van der Waals surface area (Å²) in [6.07, 6.45) is 6.05. The second-order valence-electron chi connectivity index (χ2n) is 12.1. The number of benzene rings is 1. The first-order chi connectivity index (χ1) is 20.2. The maximum Gasteiger partial charge on any atom is 0.293 e. The smallest absolute Gasteiger partial charge is 0.293 e. The SMILES string of the molecule is Cc1cc(-c2[nH]nc3ncc(-c4ccc(C5CCNCC5)nc4)cc23)ccc1C(C)NC(=O)c1noc(C(C)(C)C)n1.Cl. The van der Waals surface area contributed by atoms with Gasteiger partial charge in [0.05, 0.1) is 11.7 Å². The van der Waals surface area contributed by atoms with Crippen molar-refractivity contribution >= 4 is 29.3 Å². The number of halogens is 1. The molecule has 0 aliphatic carbocycles. The van der Waals surface area contributed by atoms with Gasteiger partial charge in [-0.3, -0.25) is 14.9 Å². The molecule has 1 atom stereocenters. The second-order valence-corrected chi connectivity index (χ2v) is 12.1. The number of hydrogen-bond acceptors (Lipinski definition) is 8. The van der Waals surface area contributed by atoms with Gasteiger partial charge in [0.25, 0.3) is 11.7 Å². The fourth-order valence-corrected chi connectivity index (χ4v) is 5.49. The first kappa shape index (κ1) is 30.3. The third-order valence-electron chi connectivity index (χ3n) is 7.93. The minimum Gasteiger partial charge on any atom is -0.343 e. The third-order valence-corrected chi connectivity index (χ3v) is 7.93. The van der Waals surface area contributed by atoms with Crippen LogP contribution >= 0.6 is 12.4 Å². The third kappa shape index (κ3) is 6.30. The average Bonchev–Trinajstić information content (AvgIpc) is 3.66. The lowest BCUT2D eigenvalue weighted by molar-refractivity contribution is 0.0926. The first-order valence-electron chi connectivity index (χ1n) is 14.4. The zero-order chi connectivity index (χ0) is 29.4. The molecule has 1 amide bonds. The van der Waals surface area contributed by atoms with Gasteiger partial charge in [-0.1, -0.05) is 44.1 Å². The van der Waals surface area contributed by atoms with E-state index >= 15 is 0 Å². The Hall–Kier alpha value is -4.15. The van der Waals surface area contributed by atoms with Crippen molar-refractivity contribution in [1.82, 2.24) is 40.9 Å². The fourth-order valence-electron chi connectivity index (χ4n) is 5.49. The first-order valence-corrected chi connectivity index (χ1v) is 14.4. The van der Waals surface area contributed by atoms with Crippen LogP contribution in [0.1, 0.15) is 85.8 Å². The number of carbonyl (C=O) groups excluding carboxylic acids is 1. The number of hydrogen-bond donors (Lipinski definition) is 3. The predicted molar refractivity (Wildman–Crippen MR) is 168 cm³/mol. The molecule has 0 bridgehead atoms. The number of nitrogens with zero attached hydrogens (tertiary/aromatic N) is 5. The Kier molecular flexibility index (Phi) is 8.62. The van der Waals surface area contributed by atoms with Crippen molar-refractivity contribution in [2.75, 3.05) is 13.1 Å². The Bertz CT molecular complexity index is 1730. The van der Waals surface area contributed by atoms with Crippen LogP contribution in [0.4, 0.5) is 0 Å². The number of rotatable bonds is 6. The highest BCUT2D eigenvalue weighted by molar-refractivity contribution is 5.93. The quantitative estimate of drug-likeness (QED) is 0.214. The maximum atomic E-state index is 12.8. The highest BCUT2D eigenvalue weighted by Crippen LogP contribution is 2.32. The number of fused-ring (bicyclic) bond motifs is 1. The van der Waals surface area contributed by atoms with Crippen molar-refractivity contribution in [3.63, 3.8) is 0 Å². The van der Waals surface area contributed by atoms with Crippen LogP contribution in [0.3, 0.4) is 0 Å². The number of pyridine rings is 2. The van der Waals surface area contributed by atoms with Crippen LogP contribution in [0.25, 0.3) is 33.4 Å². The molecule has 1 unspecified atom stereocenters. The lowest BCUT2D eigenvalue weighted by atomic mass is 9.93. The molecule has 4 aromatic heterocycles. The minimum atomic E-state index is -0.373. The Balaban J connectivity index is 0.00000368. The molecule has 11 heteroatoms. The van der Waals surface area contributed by atoms with Gasteiger partial charge in [0.2, 0.25) is 5.89 Å².